The van der Waals surface area contributed by atoms with Crippen LogP contribution in [0.25, 0.3) is 16.6 Å². The van der Waals surface area contributed by atoms with Gasteiger partial charge in [0.1, 0.15) is 17.2 Å². The lowest BCUT2D eigenvalue weighted by molar-refractivity contribution is 0.475. The number of H-pyrrole nitrogens is 2. The summed E-state index contributed by atoms with van der Waals surface area (Å²) in [6, 6.07) is 9.52. The van der Waals surface area contributed by atoms with Gasteiger partial charge < -0.3 is 4.74 Å². The summed E-state index contributed by atoms with van der Waals surface area (Å²) < 4.78 is 7.45. The molecule has 0 fully saturated rings. The highest BCUT2D eigenvalue weighted by molar-refractivity contribution is 5.83. The van der Waals surface area contributed by atoms with Crippen LogP contribution in [0.1, 0.15) is 48.7 Å². The summed E-state index contributed by atoms with van der Waals surface area (Å²) >= 11 is 0. The third-order valence-corrected chi connectivity index (χ3v) is 5.54. The average molecular weight is 434 g/mol. The summed E-state index contributed by atoms with van der Waals surface area (Å²) in [5.74, 6) is 1.45. The Bertz CT molecular complexity index is 1370. The van der Waals surface area contributed by atoms with Crippen molar-refractivity contribution in [3.63, 3.8) is 0 Å². The van der Waals surface area contributed by atoms with Gasteiger partial charge in [-0.05, 0) is 75.1 Å². The van der Waals surface area contributed by atoms with Gasteiger partial charge in [-0.15, -0.1) is 0 Å². The van der Waals surface area contributed by atoms with Gasteiger partial charge >= 0.3 is 5.69 Å². The number of ether oxygens (including phenoxy) is 1. The summed E-state index contributed by atoms with van der Waals surface area (Å²) in [7, 11) is 0. The number of rotatable bonds is 7. The van der Waals surface area contributed by atoms with Crippen molar-refractivity contribution in [3.05, 3.63) is 73.7 Å². The van der Waals surface area contributed by atoms with E-state index in [9.17, 15) is 9.59 Å². The zero-order valence-electron chi connectivity index (χ0n) is 18.8. The molecule has 32 heavy (non-hydrogen) atoms. The topological polar surface area (TPSA) is 106 Å². The standard InChI is InChI=1S/C24H27N5O3/c1-5-6-7-8-20-19-13-18(9-10-21(19)27-26-20)32-22-14(2)11-17(12-15(22)3)29-24(31)25-23(30)16(4)28-29/h9-13H,5-8H2,1-4H3,(H,26,27)(H,25,30,31). The summed E-state index contributed by atoms with van der Waals surface area (Å²) in [5, 5.41) is 12.7. The van der Waals surface area contributed by atoms with Crippen LogP contribution in [0.2, 0.25) is 0 Å². The third kappa shape index (κ3) is 4.21. The van der Waals surface area contributed by atoms with Gasteiger partial charge in [0.05, 0.1) is 11.2 Å². The first-order chi connectivity index (χ1) is 15.4. The molecule has 8 heteroatoms. The van der Waals surface area contributed by atoms with Crippen molar-refractivity contribution in [3.8, 4) is 17.2 Å². The van der Waals surface area contributed by atoms with Crippen molar-refractivity contribution in [2.45, 2.75) is 53.4 Å². The van der Waals surface area contributed by atoms with E-state index in [-0.39, 0.29) is 5.69 Å². The molecule has 0 aliphatic carbocycles. The van der Waals surface area contributed by atoms with Crippen molar-refractivity contribution in [2.75, 3.05) is 0 Å². The molecule has 2 N–H and O–H groups in total. The maximum atomic E-state index is 12.2. The normalized spacial score (nSPS) is 11.2. The molecule has 0 spiro atoms. The quantitative estimate of drug-likeness (QED) is 0.424. The van der Waals surface area contributed by atoms with Crippen LogP contribution in [0.15, 0.2) is 39.9 Å². The van der Waals surface area contributed by atoms with E-state index >= 15 is 0 Å². The molecule has 2 aromatic heterocycles. The van der Waals surface area contributed by atoms with Crippen molar-refractivity contribution in [1.82, 2.24) is 25.0 Å². The van der Waals surface area contributed by atoms with Gasteiger partial charge in [0.25, 0.3) is 5.56 Å². The molecule has 0 saturated carbocycles. The average Bonchev–Trinajstić information content (AvgIpc) is 3.15. The van der Waals surface area contributed by atoms with E-state index < -0.39 is 11.2 Å². The first-order valence-corrected chi connectivity index (χ1v) is 10.8. The van der Waals surface area contributed by atoms with Crippen LogP contribution >= 0.6 is 0 Å². The fraction of sp³-hybridized carbons (Fsp3) is 0.333. The summed E-state index contributed by atoms with van der Waals surface area (Å²) in [4.78, 5) is 26.1. The number of aryl methyl sites for hydroxylation is 4. The molecule has 0 radical (unpaired) electrons. The fourth-order valence-electron chi connectivity index (χ4n) is 3.83. The van der Waals surface area contributed by atoms with E-state index in [1.165, 1.54) is 17.5 Å². The van der Waals surface area contributed by atoms with Gasteiger partial charge in [-0.25, -0.2) is 4.79 Å². The van der Waals surface area contributed by atoms with E-state index in [1.54, 1.807) is 6.92 Å². The Morgan fingerprint density at radius 3 is 2.50 bits per heavy atom. The first kappa shape index (κ1) is 21.5. The van der Waals surface area contributed by atoms with Crippen molar-refractivity contribution < 1.29 is 4.74 Å². The lowest BCUT2D eigenvalue weighted by Crippen LogP contribution is -2.32. The van der Waals surface area contributed by atoms with Crippen molar-refractivity contribution in [2.24, 2.45) is 0 Å². The molecule has 2 aromatic carbocycles. The minimum Gasteiger partial charge on any atom is -0.457 e. The van der Waals surface area contributed by atoms with Crippen molar-refractivity contribution in [1.29, 1.82) is 0 Å². The minimum atomic E-state index is -0.575. The zero-order chi connectivity index (χ0) is 22.8. The molecule has 8 nitrogen and oxygen atoms in total. The number of benzene rings is 2. The Balaban J connectivity index is 1.66. The smallest absolute Gasteiger partial charge is 0.349 e. The molecule has 0 unspecified atom stereocenters. The van der Waals surface area contributed by atoms with Crippen LogP contribution < -0.4 is 16.0 Å². The number of fused-ring (bicyclic) bond motifs is 1. The predicted octanol–water partition coefficient (Wildman–Crippen LogP) is 4.25. The van der Waals surface area contributed by atoms with Crippen LogP contribution in [0, 0.1) is 20.8 Å². The van der Waals surface area contributed by atoms with Gasteiger partial charge in [-0.2, -0.15) is 14.9 Å². The molecule has 0 atom stereocenters. The molecule has 0 saturated heterocycles. The first-order valence-electron chi connectivity index (χ1n) is 10.8. The zero-order valence-corrected chi connectivity index (χ0v) is 18.8. The van der Waals surface area contributed by atoms with Crippen molar-refractivity contribution >= 4 is 10.9 Å². The summed E-state index contributed by atoms with van der Waals surface area (Å²) in [6.07, 6.45) is 4.44. The van der Waals surface area contributed by atoms with E-state index in [1.807, 2.05) is 44.2 Å². The number of hydrogen-bond acceptors (Lipinski definition) is 5. The highest BCUT2D eigenvalue weighted by Crippen LogP contribution is 2.32. The summed E-state index contributed by atoms with van der Waals surface area (Å²) in [6.45, 7) is 7.59. The van der Waals surface area contributed by atoms with Gasteiger partial charge in [-0.1, -0.05) is 19.8 Å². The molecule has 4 rings (SSSR count). The molecular formula is C24H27N5O3. The van der Waals surface area contributed by atoms with E-state index in [2.05, 4.69) is 27.2 Å². The number of aromatic nitrogens is 5. The Morgan fingerprint density at radius 1 is 1.03 bits per heavy atom. The molecule has 0 bridgehead atoms. The third-order valence-electron chi connectivity index (χ3n) is 5.54. The van der Waals surface area contributed by atoms with Crippen LogP contribution in [-0.4, -0.2) is 25.0 Å². The maximum absolute atomic E-state index is 12.2. The molecule has 4 aromatic rings. The van der Waals surface area contributed by atoms with E-state index in [0.717, 1.165) is 52.1 Å². The van der Waals surface area contributed by atoms with Gasteiger partial charge in [0.2, 0.25) is 0 Å². The SMILES string of the molecule is CCCCCc1[nH]nc2ccc(Oc3c(C)cc(-n4nc(C)c(=O)[nH]c4=O)cc3C)cc12. The van der Waals surface area contributed by atoms with Gasteiger partial charge in [0.15, 0.2) is 0 Å². The lowest BCUT2D eigenvalue weighted by Gasteiger charge is -2.14. The Hall–Kier alpha value is -3.68. The van der Waals surface area contributed by atoms with Crippen LogP contribution in [0.5, 0.6) is 11.5 Å². The van der Waals surface area contributed by atoms with Crippen LogP contribution in [-0.2, 0) is 6.42 Å². The summed E-state index contributed by atoms with van der Waals surface area (Å²) in [5.41, 5.74) is 3.50. The molecule has 0 aliphatic rings. The molecule has 2 heterocycles. The highest BCUT2D eigenvalue weighted by Gasteiger charge is 2.13. The molecular weight excluding hydrogens is 406 g/mol. The molecule has 0 aliphatic heterocycles. The lowest BCUT2D eigenvalue weighted by atomic mass is 10.1. The largest absolute Gasteiger partial charge is 0.457 e. The second-order valence-corrected chi connectivity index (χ2v) is 8.11. The number of unbranched alkanes of at least 4 members (excludes halogenated alkanes) is 2. The molecule has 166 valence electrons. The minimum absolute atomic E-state index is 0.225. The number of aromatic amines is 2. The van der Waals surface area contributed by atoms with E-state index in [0.29, 0.717) is 5.69 Å². The van der Waals surface area contributed by atoms with Gasteiger partial charge in [0, 0.05) is 11.1 Å². The fourth-order valence-corrected chi connectivity index (χ4v) is 3.83. The Labute approximate surface area is 185 Å². The number of nitrogens with one attached hydrogen (secondary N) is 2. The Kier molecular flexibility index (Phi) is 5.94. The van der Waals surface area contributed by atoms with Gasteiger partial charge in [-0.3, -0.25) is 14.9 Å². The molecule has 0 amide bonds. The highest BCUT2D eigenvalue weighted by atomic mass is 16.5. The number of hydrogen-bond donors (Lipinski definition) is 2. The van der Waals surface area contributed by atoms with Crippen LogP contribution in [0.3, 0.4) is 0 Å². The predicted molar refractivity (Wildman–Crippen MR) is 124 cm³/mol. The second kappa shape index (κ2) is 8.82. The van der Waals surface area contributed by atoms with Crippen LogP contribution in [0.4, 0.5) is 0 Å². The van der Waals surface area contributed by atoms with E-state index in [4.69, 9.17) is 4.74 Å². The second-order valence-electron chi connectivity index (χ2n) is 8.11. The maximum Gasteiger partial charge on any atom is 0.349 e. The monoisotopic (exact) mass is 433 g/mol. The number of nitrogens with zero attached hydrogens (tertiary/aromatic N) is 3. The Morgan fingerprint density at radius 2 is 1.78 bits per heavy atom.